The van der Waals surface area contributed by atoms with Gasteiger partial charge in [-0.2, -0.15) is 0 Å². The summed E-state index contributed by atoms with van der Waals surface area (Å²) in [6.45, 7) is 7.26. The van der Waals surface area contributed by atoms with Gasteiger partial charge in [0, 0.05) is 19.4 Å². The standard InChI is InChI=1S/C30H48O7/c1-17-27(32)24(34-4)15-26(36-17)37-20-7-10-28(2)19(14-20)5-6-23-22(28)8-11-29(3)21(9-12-30(23,29)33)18-13-25(31)35-16-18/h17-24,26-27,32-33H,5-16H2,1-4H3/t17-,18-,19+,20-,21+,22-,23+,24+,26-,27-,28-,29+,30-/m0/s1. The summed E-state index contributed by atoms with van der Waals surface area (Å²) in [5.41, 5.74) is -0.514. The van der Waals surface area contributed by atoms with Crippen LogP contribution in [0.5, 0.6) is 0 Å². The first-order valence-electron chi connectivity index (χ1n) is 15.0. The maximum atomic E-state index is 12.4. The Morgan fingerprint density at radius 1 is 0.973 bits per heavy atom. The third kappa shape index (κ3) is 4.04. The summed E-state index contributed by atoms with van der Waals surface area (Å²) in [7, 11) is 1.64. The molecule has 7 nitrogen and oxygen atoms in total. The zero-order valence-electron chi connectivity index (χ0n) is 23.2. The first-order valence-corrected chi connectivity index (χ1v) is 15.0. The van der Waals surface area contributed by atoms with Crippen LogP contribution in [-0.2, 0) is 23.7 Å². The van der Waals surface area contributed by atoms with Gasteiger partial charge in [0.1, 0.15) is 6.10 Å². The second kappa shape index (κ2) is 9.43. The molecule has 37 heavy (non-hydrogen) atoms. The zero-order valence-corrected chi connectivity index (χ0v) is 23.2. The number of ether oxygens (including phenoxy) is 4. The molecule has 4 saturated carbocycles. The number of hydrogen-bond donors (Lipinski definition) is 2. The Hall–Kier alpha value is -0.730. The van der Waals surface area contributed by atoms with E-state index in [1.54, 1.807) is 7.11 Å². The van der Waals surface area contributed by atoms with Gasteiger partial charge in [-0.05, 0) is 99.2 Å². The van der Waals surface area contributed by atoms with E-state index in [0.717, 1.165) is 51.4 Å². The van der Waals surface area contributed by atoms with Gasteiger partial charge in [0.05, 0.1) is 36.9 Å². The number of carbonyl (C=O) groups excluding carboxylic acids is 1. The van der Waals surface area contributed by atoms with Gasteiger partial charge in [0.15, 0.2) is 6.29 Å². The number of esters is 1. The van der Waals surface area contributed by atoms with Crippen LogP contribution in [0.4, 0.5) is 0 Å². The summed E-state index contributed by atoms with van der Waals surface area (Å²) in [6.07, 6.45) is 9.33. The van der Waals surface area contributed by atoms with Crippen LogP contribution in [0.1, 0.15) is 91.4 Å². The molecule has 2 N–H and O–H groups in total. The lowest BCUT2D eigenvalue weighted by Gasteiger charge is -2.64. The molecule has 6 aliphatic rings. The number of aliphatic hydroxyl groups is 2. The Morgan fingerprint density at radius 3 is 2.49 bits per heavy atom. The molecule has 2 aliphatic heterocycles. The fourth-order valence-corrected chi connectivity index (χ4v) is 10.4. The second-order valence-corrected chi connectivity index (χ2v) is 14.0. The molecule has 0 unspecified atom stereocenters. The molecule has 7 heteroatoms. The van der Waals surface area contributed by atoms with Gasteiger partial charge in [-0.1, -0.05) is 13.8 Å². The SMILES string of the molecule is CO[C@@H]1C[C@H](O[C@H]2CC[C@@]3(C)[C@H](CC[C@@H]4[C@@H]3CC[C@]3(C)[C@@H]([C@@H]5COC(=O)C5)CC[C@]43O)C2)O[C@@H](C)[C@@H]1O. The maximum Gasteiger partial charge on any atom is 0.306 e. The predicted molar refractivity (Wildman–Crippen MR) is 136 cm³/mol. The monoisotopic (exact) mass is 520 g/mol. The Balaban J connectivity index is 1.14. The summed E-state index contributed by atoms with van der Waals surface area (Å²) >= 11 is 0. The van der Waals surface area contributed by atoms with E-state index in [9.17, 15) is 15.0 Å². The van der Waals surface area contributed by atoms with Crippen molar-refractivity contribution in [3.05, 3.63) is 0 Å². The smallest absolute Gasteiger partial charge is 0.306 e. The van der Waals surface area contributed by atoms with Crippen LogP contribution < -0.4 is 0 Å². The number of fused-ring (bicyclic) bond motifs is 5. The second-order valence-electron chi connectivity index (χ2n) is 14.0. The minimum Gasteiger partial charge on any atom is -0.465 e. The highest BCUT2D eigenvalue weighted by atomic mass is 16.7. The number of aliphatic hydroxyl groups excluding tert-OH is 1. The molecule has 2 heterocycles. The minimum atomic E-state index is -0.629. The molecule has 6 fully saturated rings. The molecule has 4 aliphatic carbocycles. The van der Waals surface area contributed by atoms with Crippen molar-refractivity contribution in [2.45, 2.75) is 128 Å². The Kier molecular flexibility index (Phi) is 6.75. The van der Waals surface area contributed by atoms with Gasteiger partial charge in [0.25, 0.3) is 0 Å². The van der Waals surface area contributed by atoms with Crippen molar-refractivity contribution in [3.63, 3.8) is 0 Å². The van der Waals surface area contributed by atoms with Gasteiger partial charge < -0.3 is 29.2 Å². The van der Waals surface area contributed by atoms with Crippen LogP contribution in [-0.4, -0.2) is 66.2 Å². The Bertz CT molecular complexity index is 880. The van der Waals surface area contributed by atoms with E-state index in [4.69, 9.17) is 18.9 Å². The highest BCUT2D eigenvalue weighted by Crippen LogP contribution is 2.70. The molecular weight excluding hydrogens is 472 g/mol. The van der Waals surface area contributed by atoms with Crippen LogP contribution in [0.25, 0.3) is 0 Å². The van der Waals surface area contributed by atoms with Gasteiger partial charge in [-0.25, -0.2) is 0 Å². The molecule has 0 amide bonds. The average molecular weight is 521 g/mol. The normalized spacial score (nSPS) is 55.8. The summed E-state index contributed by atoms with van der Waals surface area (Å²) in [5.74, 6) is 2.08. The minimum absolute atomic E-state index is 0.0632. The van der Waals surface area contributed by atoms with Gasteiger partial charge in [-0.15, -0.1) is 0 Å². The lowest BCUT2D eigenvalue weighted by molar-refractivity contribution is -0.273. The molecule has 6 rings (SSSR count). The lowest BCUT2D eigenvalue weighted by atomic mass is 9.43. The van der Waals surface area contributed by atoms with Crippen molar-refractivity contribution in [3.8, 4) is 0 Å². The van der Waals surface area contributed by atoms with E-state index in [1.807, 2.05) is 6.92 Å². The number of cyclic esters (lactones) is 1. The van der Waals surface area contributed by atoms with Crippen molar-refractivity contribution < 1.29 is 34.0 Å². The first kappa shape index (κ1) is 26.5. The molecule has 0 aromatic heterocycles. The predicted octanol–water partition coefficient (Wildman–Crippen LogP) is 4.22. The summed E-state index contributed by atoms with van der Waals surface area (Å²) in [5, 5.41) is 22.7. The molecule has 0 aromatic rings. The Labute approximate surface area is 221 Å². The van der Waals surface area contributed by atoms with Crippen LogP contribution in [0, 0.1) is 40.4 Å². The highest BCUT2D eigenvalue weighted by molar-refractivity contribution is 5.71. The fourth-order valence-electron chi connectivity index (χ4n) is 10.4. The van der Waals surface area contributed by atoms with Crippen LogP contribution in [0.2, 0.25) is 0 Å². The largest absolute Gasteiger partial charge is 0.465 e. The topological polar surface area (TPSA) is 94.5 Å². The molecule has 0 radical (unpaired) electrons. The molecule has 2 saturated heterocycles. The third-order valence-corrected chi connectivity index (χ3v) is 12.6. The van der Waals surface area contributed by atoms with E-state index in [1.165, 1.54) is 6.42 Å². The first-order chi connectivity index (χ1) is 17.6. The van der Waals surface area contributed by atoms with Crippen LogP contribution in [0.15, 0.2) is 0 Å². The molecule has 210 valence electrons. The summed E-state index contributed by atoms with van der Waals surface area (Å²) in [6, 6.07) is 0. The van der Waals surface area contributed by atoms with Gasteiger partial charge >= 0.3 is 5.97 Å². The number of carbonyl (C=O) groups is 1. The van der Waals surface area contributed by atoms with Crippen molar-refractivity contribution >= 4 is 5.97 Å². The van der Waals surface area contributed by atoms with Crippen molar-refractivity contribution in [1.29, 1.82) is 0 Å². The molecule has 0 aromatic carbocycles. The highest BCUT2D eigenvalue weighted by Gasteiger charge is 2.68. The number of hydrogen-bond acceptors (Lipinski definition) is 7. The zero-order chi connectivity index (χ0) is 26.2. The molecule has 13 atom stereocenters. The maximum absolute atomic E-state index is 12.4. The average Bonchev–Trinajstić information content (AvgIpc) is 3.41. The van der Waals surface area contributed by atoms with Crippen LogP contribution in [0.3, 0.4) is 0 Å². The number of rotatable bonds is 4. The van der Waals surface area contributed by atoms with Crippen LogP contribution >= 0.6 is 0 Å². The van der Waals surface area contributed by atoms with E-state index >= 15 is 0 Å². The lowest BCUT2D eigenvalue weighted by Crippen LogP contribution is -2.62. The van der Waals surface area contributed by atoms with Crippen molar-refractivity contribution in [2.75, 3.05) is 13.7 Å². The van der Waals surface area contributed by atoms with E-state index < -0.39 is 11.7 Å². The van der Waals surface area contributed by atoms with Crippen molar-refractivity contribution in [2.24, 2.45) is 40.4 Å². The van der Waals surface area contributed by atoms with E-state index in [-0.39, 0.29) is 47.3 Å². The van der Waals surface area contributed by atoms with Gasteiger partial charge in [0.2, 0.25) is 0 Å². The molecule has 0 spiro atoms. The summed E-state index contributed by atoms with van der Waals surface area (Å²) < 4.78 is 23.3. The number of methoxy groups -OCH3 is 1. The summed E-state index contributed by atoms with van der Waals surface area (Å²) in [4.78, 5) is 11.9. The quantitative estimate of drug-likeness (QED) is 0.423. The Morgan fingerprint density at radius 2 is 1.76 bits per heavy atom. The molecule has 0 bridgehead atoms. The van der Waals surface area contributed by atoms with E-state index in [2.05, 4.69) is 13.8 Å². The third-order valence-electron chi connectivity index (χ3n) is 12.6. The molecular formula is C30H48O7. The van der Waals surface area contributed by atoms with Gasteiger partial charge in [-0.3, -0.25) is 4.79 Å². The van der Waals surface area contributed by atoms with E-state index in [0.29, 0.717) is 43.1 Å². The van der Waals surface area contributed by atoms with Crippen molar-refractivity contribution in [1.82, 2.24) is 0 Å². The fraction of sp³-hybridized carbons (Fsp3) is 0.967.